The van der Waals surface area contributed by atoms with Crippen LogP contribution in [0.4, 0.5) is 0 Å². The van der Waals surface area contributed by atoms with E-state index < -0.39 is 0 Å². The smallest absolute Gasteiger partial charge is 0.166 e. The number of rotatable bonds is 0. The summed E-state index contributed by atoms with van der Waals surface area (Å²) in [7, 11) is 0. The number of halogens is 1. The minimum absolute atomic E-state index is 0.206. The van der Waals surface area contributed by atoms with Crippen molar-refractivity contribution in [3.63, 3.8) is 0 Å². The Hall–Kier alpha value is -5.47. The maximum Gasteiger partial charge on any atom is 0.166 e. The highest BCUT2D eigenvalue weighted by atomic mass is 35.5. The molecule has 3 aromatic heterocycles. The molecular formula is C48H49ClN8. The lowest BCUT2D eigenvalue weighted by Gasteiger charge is -2.41. The lowest BCUT2D eigenvalue weighted by Crippen LogP contribution is -2.32. The van der Waals surface area contributed by atoms with Crippen LogP contribution in [0.2, 0.25) is 5.02 Å². The van der Waals surface area contributed by atoms with E-state index in [1.165, 1.54) is 22.3 Å². The minimum atomic E-state index is -0.289. The Morgan fingerprint density at radius 3 is 1.23 bits per heavy atom. The van der Waals surface area contributed by atoms with Crippen molar-refractivity contribution in [1.82, 2.24) is 39.9 Å². The number of nitrogens with zero attached hydrogens (tertiary/aromatic N) is 6. The van der Waals surface area contributed by atoms with E-state index in [1.807, 2.05) is 54.6 Å². The lowest BCUT2D eigenvalue weighted by molar-refractivity contribution is 0.482. The van der Waals surface area contributed by atoms with E-state index in [2.05, 4.69) is 105 Å². The summed E-state index contributed by atoms with van der Waals surface area (Å²) >= 11 is 7.07. The normalized spacial score (nSPS) is 13.4. The van der Waals surface area contributed by atoms with Crippen molar-refractivity contribution in [2.24, 2.45) is 0 Å². The van der Waals surface area contributed by atoms with Crippen LogP contribution in [0.3, 0.4) is 0 Å². The molecule has 0 aliphatic carbocycles. The summed E-state index contributed by atoms with van der Waals surface area (Å²) in [6.07, 6.45) is 0. The van der Waals surface area contributed by atoms with Gasteiger partial charge in [-0.05, 0) is 50.0 Å². The average molecular weight is 773 g/mol. The summed E-state index contributed by atoms with van der Waals surface area (Å²) in [5, 5.41) is 4.49. The number of hydrogen-bond acceptors (Lipinski definition) is 6. The minimum Gasteiger partial charge on any atom is -0.324 e. The second kappa shape index (κ2) is 12.3. The van der Waals surface area contributed by atoms with Gasteiger partial charge in [-0.2, -0.15) is 0 Å². The Balaban J connectivity index is 1.62. The highest BCUT2D eigenvalue weighted by molar-refractivity contribution is 6.34. The topological polar surface area (TPSA) is 109 Å². The highest BCUT2D eigenvalue weighted by Crippen LogP contribution is 2.52. The molecule has 0 spiro atoms. The fourth-order valence-corrected chi connectivity index (χ4v) is 9.22. The second-order valence-corrected chi connectivity index (χ2v) is 20.0. The second-order valence-electron chi connectivity index (χ2n) is 19.6. The third-order valence-electron chi connectivity index (χ3n) is 11.1. The van der Waals surface area contributed by atoms with E-state index in [9.17, 15) is 0 Å². The molecule has 8 bridgehead atoms. The van der Waals surface area contributed by atoms with Crippen LogP contribution in [0.15, 0.2) is 66.7 Å². The van der Waals surface area contributed by atoms with E-state index in [1.54, 1.807) is 0 Å². The van der Waals surface area contributed by atoms with Gasteiger partial charge in [0.15, 0.2) is 23.3 Å². The fourth-order valence-electron chi connectivity index (χ4n) is 8.96. The van der Waals surface area contributed by atoms with Gasteiger partial charge in [-0.15, -0.1) is 0 Å². The van der Waals surface area contributed by atoms with Gasteiger partial charge >= 0.3 is 0 Å². The molecule has 288 valence electrons. The summed E-state index contributed by atoms with van der Waals surface area (Å²) in [6.45, 7) is 27.9. The molecule has 0 unspecified atom stereocenters. The third-order valence-corrected chi connectivity index (χ3v) is 11.4. The Morgan fingerprint density at radius 2 is 0.754 bits per heavy atom. The van der Waals surface area contributed by atoms with Gasteiger partial charge in [-0.1, -0.05) is 155 Å². The molecule has 0 saturated carbocycles. The summed E-state index contributed by atoms with van der Waals surface area (Å²) in [5.41, 5.74) is 10.3. The quantitative estimate of drug-likeness (QED) is 0.159. The Kier molecular flexibility index (Phi) is 7.99. The molecule has 0 atom stereocenters. The number of nitrogens with one attached hydrogen (secondary N) is 2. The molecule has 9 rings (SSSR count). The van der Waals surface area contributed by atoms with Crippen molar-refractivity contribution in [3.8, 4) is 45.6 Å². The van der Waals surface area contributed by atoms with Crippen molar-refractivity contribution in [2.75, 3.05) is 0 Å². The van der Waals surface area contributed by atoms with Gasteiger partial charge in [0, 0.05) is 43.8 Å². The van der Waals surface area contributed by atoms with Crippen molar-refractivity contribution in [1.29, 1.82) is 0 Å². The van der Waals surface area contributed by atoms with Crippen LogP contribution in [0.1, 0.15) is 105 Å². The Morgan fingerprint density at radius 1 is 0.386 bits per heavy atom. The molecule has 0 radical (unpaired) electrons. The number of H-pyrrole nitrogens is 2. The first-order valence-electron chi connectivity index (χ1n) is 19.8. The maximum absolute atomic E-state index is 7.07. The lowest BCUT2D eigenvalue weighted by atomic mass is 9.63. The van der Waals surface area contributed by atoms with Crippen LogP contribution in [-0.2, 0) is 21.7 Å². The number of fused-ring (bicyclic) bond motifs is 20. The van der Waals surface area contributed by atoms with E-state index in [-0.39, 0.29) is 21.7 Å². The van der Waals surface area contributed by atoms with Gasteiger partial charge in [0.1, 0.15) is 22.6 Å². The molecule has 5 heterocycles. The summed E-state index contributed by atoms with van der Waals surface area (Å²) in [6, 6.07) is 22.1. The van der Waals surface area contributed by atoms with Gasteiger partial charge in [-0.25, -0.2) is 29.9 Å². The van der Waals surface area contributed by atoms with Crippen LogP contribution in [0.5, 0.6) is 0 Å². The first-order valence-corrected chi connectivity index (χ1v) is 20.1. The molecule has 4 aromatic carbocycles. The zero-order chi connectivity index (χ0) is 40.6. The standard InChI is InChI=1S/C48H49ClN8/c1-45(2,3)33-31-32(34(46(4,5)6)36(48(10,11)12)35(33)47(7,8)9)44-56-42-30-28(22-17-23-29(30)49)41(55-42)53-39-25-19-14-13-18-24(25)37(51-39)50-38-26-20-15-16-21-27(26)40(52-38)54-43(31)57-44/h13-23H,1-12H3,(H2,50,51,52,53,54,55,56,57). The van der Waals surface area contributed by atoms with Gasteiger partial charge in [0.2, 0.25) is 0 Å². The zero-order valence-electron chi connectivity index (χ0n) is 34.9. The third kappa shape index (κ3) is 5.86. The molecule has 57 heavy (non-hydrogen) atoms. The highest BCUT2D eigenvalue weighted by Gasteiger charge is 2.40. The predicted octanol–water partition coefficient (Wildman–Crippen LogP) is 12.7. The summed E-state index contributed by atoms with van der Waals surface area (Å²) in [4.78, 5) is 39.1. The molecule has 2 aliphatic rings. The van der Waals surface area contributed by atoms with Crippen LogP contribution in [0.25, 0.3) is 89.7 Å². The first kappa shape index (κ1) is 37.1. The number of benzene rings is 4. The maximum atomic E-state index is 7.07. The average Bonchev–Trinajstić information content (AvgIpc) is 3.85. The van der Waals surface area contributed by atoms with Gasteiger partial charge in [0.05, 0.1) is 5.02 Å². The van der Waals surface area contributed by atoms with Gasteiger partial charge < -0.3 is 9.97 Å². The number of aromatic nitrogens is 8. The Labute approximate surface area is 338 Å². The van der Waals surface area contributed by atoms with Crippen molar-refractivity contribution >= 4 is 55.7 Å². The SMILES string of the molecule is CC(C)(C)c1c(C(C)(C)C)c(C(C)(C)C)c2c3nc4nc(nc5[nH]c(nc6nc(nc([nH]3)c2c1C(C)(C)C)-c1ccccc1-6)c1ccccc51)-c1cccc(Cl)c1-4. The van der Waals surface area contributed by atoms with Crippen molar-refractivity contribution < 1.29 is 0 Å². The molecule has 0 fully saturated rings. The number of hydrogen-bond donors (Lipinski definition) is 2. The number of aromatic amines is 2. The van der Waals surface area contributed by atoms with E-state index in [0.29, 0.717) is 50.9 Å². The van der Waals surface area contributed by atoms with E-state index in [4.69, 9.17) is 41.5 Å². The molecule has 0 saturated heterocycles. The molecule has 0 amide bonds. The van der Waals surface area contributed by atoms with Crippen LogP contribution in [-0.4, -0.2) is 39.9 Å². The predicted molar refractivity (Wildman–Crippen MR) is 236 cm³/mol. The zero-order valence-corrected chi connectivity index (χ0v) is 35.7. The van der Waals surface area contributed by atoms with E-state index in [0.717, 1.165) is 43.8 Å². The summed E-state index contributed by atoms with van der Waals surface area (Å²) in [5.74, 6) is 2.18. The Bertz CT molecular complexity index is 3010. The van der Waals surface area contributed by atoms with Crippen molar-refractivity contribution in [2.45, 2.75) is 105 Å². The van der Waals surface area contributed by atoms with E-state index >= 15 is 0 Å². The fraction of sp³-hybridized carbons (Fsp3) is 0.333. The van der Waals surface area contributed by atoms with Crippen LogP contribution in [0, 0.1) is 0 Å². The first-order chi connectivity index (χ1) is 26.7. The molecule has 2 aliphatic heterocycles. The molecule has 7 aromatic rings. The monoisotopic (exact) mass is 772 g/mol. The molecular weight excluding hydrogens is 724 g/mol. The van der Waals surface area contributed by atoms with Crippen LogP contribution < -0.4 is 0 Å². The van der Waals surface area contributed by atoms with Crippen molar-refractivity contribution in [3.05, 3.63) is 94.0 Å². The van der Waals surface area contributed by atoms with Crippen LogP contribution >= 0.6 is 11.6 Å². The van der Waals surface area contributed by atoms with Gasteiger partial charge in [-0.3, -0.25) is 0 Å². The molecule has 9 heteroatoms. The largest absolute Gasteiger partial charge is 0.324 e. The molecule has 8 nitrogen and oxygen atoms in total. The van der Waals surface area contributed by atoms with Gasteiger partial charge in [0.25, 0.3) is 0 Å². The molecule has 2 N–H and O–H groups in total. The summed E-state index contributed by atoms with van der Waals surface area (Å²) < 4.78 is 0.